The molecule has 2 aliphatic rings. The highest BCUT2D eigenvalue weighted by molar-refractivity contribution is 5.71. The number of nitrogens with zero attached hydrogens (tertiary/aromatic N) is 1. The monoisotopic (exact) mass is 169 g/mol. The third kappa shape index (κ3) is 1.61. The first-order valence-corrected chi connectivity index (χ1v) is 4.67. The highest BCUT2D eigenvalue weighted by Crippen LogP contribution is 2.44. The summed E-state index contributed by atoms with van der Waals surface area (Å²) >= 11 is 0. The average molecular weight is 169 g/mol. The summed E-state index contributed by atoms with van der Waals surface area (Å²) in [5.74, 6) is 1.73. The quantitative estimate of drug-likeness (QED) is 0.576. The van der Waals surface area contributed by atoms with Gasteiger partial charge >= 0.3 is 5.97 Å². The fraction of sp³-hybridized carbons (Fsp3) is 0.889. The molecule has 68 valence electrons. The molecule has 2 atom stereocenters. The highest BCUT2D eigenvalue weighted by atomic mass is 16.5. The van der Waals surface area contributed by atoms with E-state index in [0.717, 1.165) is 24.9 Å². The molecule has 0 amide bonds. The zero-order valence-electron chi connectivity index (χ0n) is 7.45. The molecule has 0 aromatic heterocycles. The second kappa shape index (κ2) is 3.05. The minimum absolute atomic E-state index is 0.0706. The van der Waals surface area contributed by atoms with Gasteiger partial charge in [0.2, 0.25) is 0 Å². The molecular weight excluding hydrogens is 154 g/mol. The summed E-state index contributed by atoms with van der Waals surface area (Å²) in [6, 6.07) is 0. The summed E-state index contributed by atoms with van der Waals surface area (Å²) in [5, 5.41) is 0. The topological polar surface area (TPSA) is 29.5 Å². The van der Waals surface area contributed by atoms with Gasteiger partial charge in [0.05, 0.1) is 13.2 Å². The predicted octanol–water partition coefficient (Wildman–Crippen LogP) is 0.501. The Morgan fingerprint density at radius 1 is 1.50 bits per heavy atom. The molecule has 1 saturated heterocycles. The lowest BCUT2D eigenvalue weighted by atomic mass is 10.4. The highest BCUT2D eigenvalue weighted by Gasteiger charge is 2.45. The number of piperidine rings is 1. The van der Waals surface area contributed by atoms with Crippen molar-refractivity contribution in [2.24, 2.45) is 11.8 Å². The van der Waals surface area contributed by atoms with E-state index in [-0.39, 0.29) is 5.97 Å². The molecule has 1 saturated carbocycles. The number of hydrogen-bond donors (Lipinski definition) is 0. The Bertz CT molecular complexity index is 183. The zero-order chi connectivity index (χ0) is 8.55. The fourth-order valence-corrected chi connectivity index (χ4v) is 2.01. The first-order valence-electron chi connectivity index (χ1n) is 4.67. The average Bonchev–Trinajstić information content (AvgIpc) is 2.60. The largest absolute Gasteiger partial charge is 0.465 e. The van der Waals surface area contributed by atoms with E-state index in [9.17, 15) is 4.79 Å². The molecule has 0 bridgehead atoms. The van der Waals surface area contributed by atoms with E-state index in [4.69, 9.17) is 4.74 Å². The number of esters is 1. The first-order chi connectivity index (χ1) is 5.79. The molecule has 2 rings (SSSR count). The van der Waals surface area contributed by atoms with Crippen molar-refractivity contribution in [1.29, 1.82) is 0 Å². The van der Waals surface area contributed by atoms with Crippen LogP contribution in [0.1, 0.15) is 13.3 Å². The van der Waals surface area contributed by atoms with Crippen molar-refractivity contribution in [2.75, 3.05) is 26.2 Å². The summed E-state index contributed by atoms with van der Waals surface area (Å²) in [5.41, 5.74) is 0. The van der Waals surface area contributed by atoms with Crippen molar-refractivity contribution in [3.8, 4) is 0 Å². The Labute approximate surface area is 72.7 Å². The lowest BCUT2D eigenvalue weighted by Crippen LogP contribution is -2.30. The maximum Gasteiger partial charge on any atom is 0.320 e. The van der Waals surface area contributed by atoms with Crippen molar-refractivity contribution in [3.05, 3.63) is 0 Å². The summed E-state index contributed by atoms with van der Waals surface area (Å²) in [4.78, 5) is 13.3. The van der Waals surface area contributed by atoms with E-state index in [1.165, 1.54) is 6.42 Å². The summed E-state index contributed by atoms with van der Waals surface area (Å²) in [7, 11) is 0. The summed E-state index contributed by atoms with van der Waals surface area (Å²) in [6.07, 6.45) is 1.39. The van der Waals surface area contributed by atoms with Crippen molar-refractivity contribution in [3.63, 3.8) is 0 Å². The number of fused-ring (bicyclic) bond motifs is 1. The predicted molar refractivity (Wildman–Crippen MR) is 44.7 cm³/mol. The molecule has 2 unspecified atom stereocenters. The van der Waals surface area contributed by atoms with Crippen LogP contribution in [0.15, 0.2) is 0 Å². The Morgan fingerprint density at radius 2 is 2.17 bits per heavy atom. The summed E-state index contributed by atoms with van der Waals surface area (Å²) in [6.45, 7) is 5.08. The lowest BCUT2D eigenvalue weighted by molar-refractivity contribution is -0.144. The van der Waals surface area contributed by atoms with Crippen molar-refractivity contribution in [1.82, 2.24) is 4.90 Å². The van der Waals surface area contributed by atoms with Crippen LogP contribution in [0.2, 0.25) is 0 Å². The molecule has 0 radical (unpaired) electrons. The molecule has 3 heteroatoms. The number of carbonyl (C=O) groups is 1. The molecular formula is C9H15NO2. The van der Waals surface area contributed by atoms with Crippen LogP contribution in [0.4, 0.5) is 0 Å². The number of carbonyl (C=O) groups excluding carboxylic acids is 1. The third-order valence-electron chi connectivity index (χ3n) is 2.71. The van der Waals surface area contributed by atoms with Crippen LogP contribution in [-0.4, -0.2) is 37.1 Å². The van der Waals surface area contributed by atoms with Gasteiger partial charge in [-0.25, -0.2) is 0 Å². The normalized spacial score (nSPS) is 33.1. The van der Waals surface area contributed by atoms with Crippen LogP contribution in [0.5, 0.6) is 0 Å². The van der Waals surface area contributed by atoms with Gasteiger partial charge in [0.15, 0.2) is 0 Å². The van der Waals surface area contributed by atoms with E-state index in [1.54, 1.807) is 0 Å². The van der Waals surface area contributed by atoms with Crippen LogP contribution in [-0.2, 0) is 9.53 Å². The zero-order valence-corrected chi connectivity index (χ0v) is 7.45. The SMILES string of the molecule is CCOC(=O)CN1CC2CC2C1. The van der Waals surface area contributed by atoms with Gasteiger partial charge in [-0.05, 0) is 25.2 Å². The molecule has 1 aliphatic heterocycles. The molecule has 12 heavy (non-hydrogen) atoms. The summed E-state index contributed by atoms with van der Waals surface area (Å²) < 4.78 is 4.87. The van der Waals surface area contributed by atoms with Crippen LogP contribution in [0.3, 0.4) is 0 Å². The minimum atomic E-state index is -0.0706. The molecule has 0 aromatic rings. The maximum absolute atomic E-state index is 11.1. The van der Waals surface area contributed by atoms with Gasteiger partial charge in [-0.1, -0.05) is 0 Å². The molecule has 2 fully saturated rings. The lowest BCUT2D eigenvalue weighted by Gasteiger charge is -2.15. The van der Waals surface area contributed by atoms with Gasteiger partial charge in [0, 0.05) is 13.1 Å². The van der Waals surface area contributed by atoms with Crippen molar-refractivity contribution >= 4 is 5.97 Å². The second-order valence-corrected chi connectivity index (χ2v) is 3.75. The van der Waals surface area contributed by atoms with E-state index in [2.05, 4.69) is 4.90 Å². The standard InChI is InChI=1S/C9H15NO2/c1-2-12-9(11)6-10-4-7-3-8(7)5-10/h7-8H,2-6H2,1H3. The number of rotatable bonds is 3. The van der Waals surface area contributed by atoms with Gasteiger partial charge < -0.3 is 4.74 Å². The van der Waals surface area contributed by atoms with Gasteiger partial charge in [0.1, 0.15) is 0 Å². The van der Waals surface area contributed by atoms with Gasteiger partial charge in [-0.15, -0.1) is 0 Å². The Kier molecular flexibility index (Phi) is 2.05. The van der Waals surface area contributed by atoms with Gasteiger partial charge in [-0.2, -0.15) is 0 Å². The molecule has 3 nitrogen and oxygen atoms in total. The van der Waals surface area contributed by atoms with Crippen LogP contribution in [0, 0.1) is 11.8 Å². The van der Waals surface area contributed by atoms with Crippen LogP contribution in [0.25, 0.3) is 0 Å². The Balaban J connectivity index is 1.69. The third-order valence-corrected chi connectivity index (χ3v) is 2.71. The minimum Gasteiger partial charge on any atom is -0.465 e. The Hall–Kier alpha value is -0.570. The van der Waals surface area contributed by atoms with E-state index in [1.807, 2.05) is 6.92 Å². The number of ether oxygens (including phenoxy) is 1. The first kappa shape index (κ1) is 8.05. The van der Waals surface area contributed by atoms with Crippen molar-refractivity contribution in [2.45, 2.75) is 13.3 Å². The van der Waals surface area contributed by atoms with Gasteiger partial charge in [-0.3, -0.25) is 9.69 Å². The van der Waals surface area contributed by atoms with E-state index >= 15 is 0 Å². The maximum atomic E-state index is 11.1. The molecule has 1 heterocycles. The van der Waals surface area contributed by atoms with E-state index < -0.39 is 0 Å². The fourth-order valence-electron chi connectivity index (χ4n) is 2.01. The second-order valence-electron chi connectivity index (χ2n) is 3.75. The van der Waals surface area contributed by atoms with E-state index in [0.29, 0.717) is 13.2 Å². The van der Waals surface area contributed by atoms with Crippen LogP contribution >= 0.6 is 0 Å². The smallest absolute Gasteiger partial charge is 0.320 e. The Morgan fingerprint density at radius 3 is 2.75 bits per heavy atom. The molecule has 1 aliphatic carbocycles. The molecule has 0 spiro atoms. The van der Waals surface area contributed by atoms with Crippen LogP contribution < -0.4 is 0 Å². The van der Waals surface area contributed by atoms with Gasteiger partial charge in [0.25, 0.3) is 0 Å². The van der Waals surface area contributed by atoms with Crippen molar-refractivity contribution < 1.29 is 9.53 Å². The number of hydrogen-bond acceptors (Lipinski definition) is 3. The molecule has 0 aromatic carbocycles. The number of likely N-dealkylation sites (tertiary alicyclic amines) is 1. The molecule has 0 N–H and O–H groups in total.